The van der Waals surface area contributed by atoms with Crippen molar-refractivity contribution >= 4 is 38.9 Å². The number of benzene rings is 2. The first-order chi connectivity index (χ1) is 17.9. The number of piperazine rings is 1. The monoisotopic (exact) mass is 521 g/mol. The van der Waals surface area contributed by atoms with E-state index in [-0.39, 0.29) is 27.6 Å². The number of rotatable bonds is 5. The topological polar surface area (TPSA) is 113 Å². The number of hydrogen-bond donors (Lipinski definition) is 1. The molecule has 0 atom stereocenters. The van der Waals surface area contributed by atoms with Crippen molar-refractivity contribution in [1.82, 2.24) is 19.8 Å². The number of fused-ring (bicyclic) bond motifs is 1. The molecule has 2 aromatic heterocycles. The number of pyridine rings is 2. The summed E-state index contributed by atoms with van der Waals surface area (Å²) in [4.78, 5) is 34.3. The van der Waals surface area contributed by atoms with Gasteiger partial charge < -0.3 is 9.80 Å². The van der Waals surface area contributed by atoms with Gasteiger partial charge in [-0.05, 0) is 42.5 Å². The highest BCUT2D eigenvalue weighted by Crippen LogP contribution is 2.25. The summed E-state index contributed by atoms with van der Waals surface area (Å²) in [5, 5.41) is 0.640. The molecule has 5 rings (SSSR count). The lowest BCUT2D eigenvalue weighted by Gasteiger charge is -2.32. The quantitative estimate of drug-likeness (QED) is 0.404. The van der Waals surface area contributed by atoms with Crippen LogP contribution < -0.4 is 4.72 Å². The maximum Gasteiger partial charge on any atom is 0.264 e. The summed E-state index contributed by atoms with van der Waals surface area (Å²) < 4.78 is 42.7. The van der Waals surface area contributed by atoms with E-state index in [9.17, 15) is 22.4 Å². The van der Waals surface area contributed by atoms with Crippen molar-refractivity contribution in [3.8, 4) is 0 Å². The van der Waals surface area contributed by atoms with Crippen molar-refractivity contribution in [2.24, 2.45) is 0 Å². The maximum absolute atomic E-state index is 14.7. The highest BCUT2D eigenvalue weighted by molar-refractivity contribution is 7.93. The molecule has 1 saturated heterocycles. The van der Waals surface area contributed by atoms with E-state index in [1.54, 1.807) is 41.6 Å². The Balaban J connectivity index is 0.000000469. The first kappa shape index (κ1) is 25.7. The Morgan fingerprint density at radius 3 is 2.27 bits per heavy atom. The van der Waals surface area contributed by atoms with Crippen LogP contribution in [0.4, 0.5) is 10.1 Å². The standard InChI is InChI=1S/C21H19FN4O4S.C5H5N/c22-17-13-16(21(28)26-11-9-25(14-27)10-12-26)6-7-18(17)24-31(29,30)19-5-1-3-15-4-2-8-23-20(15)19;1-2-4-6-5-3-1/h1-8,13-14,24H,9-12H2;1-5H. The smallest absolute Gasteiger partial charge is 0.264 e. The Morgan fingerprint density at radius 1 is 0.919 bits per heavy atom. The molecule has 1 fully saturated rings. The number of sulfonamides is 1. The number of aromatic nitrogens is 2. The van der Waals surface area contributed by atoms with E-state index in [1.165, 1.54) is 29.3 Å². The van der Waals surface area contributed by atoms with E-state index in [4.69, 9.17) is 0 Å². The molecular formula is C26H24FN5O4S. The molecule has 0 radical (unpaired) electrons. The van der Waals surface area contributed by atoms with E-state index >= 15 is 0 Å². The van der Waals surface area contributed by atoms with Crippen LogP contribution in [-0.4, -0.2) is 66.7 Å². The van der Waals surface area contributed by atoms with Crippen LogP contribution in [0.25, 0.3) is 10.9 Å². The molecule has 37 heavy (non-hydrogen) atoms. The number of amides is 2. The van der Waals surface area contributed by atoms with Gasteiger partial charge in [0, 0.05) is 55.7 Å². The Bertz CT molecular complexity index is 1460. The molecule has 2 amide bonds. The van der Waals surface area contributed by atoms with Crippen LogP contribution in [-0.2, 0) is 14.8 Å². The van der Waals surface area contributed by atoms with Crippen LogP contribution in [0.5, 0.6) is 0 Å². The minimum absolute atomic E-state index is 0.0711. The van der Waals surface area contributed by atoms with Crippen molar-refractivity contribution in [2.75, 3.05) is 30.9 Å². The third-order valence-electron chi connectivity index (χ3n) is 5.66. The fourth-order valence-electron chi connectivity index (χ4n) is 3.75. The Morgan fingerprint density at radius 2 is 1.65 bits per heavy atom. The van der Waals surface area contributed by atoms with Crippen LogP contribution in [0.15, 0.2) is 90.2 Å². The van der Waals surface area contributed by atoms with Crippen molar-refractivity contribution in [1.29, 1.82) is 0 Å². The molecule has 0 aliphatic carbocycles. The fourth-order valence-corrected chi connectivity index (χ4v) is 5.00. The second-order valence-electron chi connectivity index (χ2n) is 8.09. The first-order valence-electron chi connectivity index (χ1n) is 11.4. The summed E-state index contributed by atoms with van der Waals surface area (Å²) in [6, 6.07) is 17.5. The van der Waals surface area contributed by atoms with Crippen molar-refractivity contribution in [3.05, 3.63) is 96.7 Å². The van der Waals surface area contributed by atoms with Gasteiger partial charge in [-0.15, -0.1) is 0 Å². The SMILES string of the molecule is O=CN1CCN(C(=O)c2ccc(NS(=O)(=O)c3cccc4cccnc34)c(F)c2)CC1.c1ccncc1. The van der Waals surface area contributed by atoms with Gasteiger partial charge in [0.1, 0.15) is 10.7 Å². The predicted octanol–water partition coefficient (Wildman–Crippen LogP) is 3.17. The zero-order chi connectivity index (χ0) is 26.3. The van der Waals surface area contributed by atoms with Gasteiger partial charge in [-0.25, -0.2) is 12.8 Å². The minimum atomic E-state index is -4.11. The molecule has 0 saturated carbocycles. The summed E-state index contributed by atoms with van der Waals surface area (Å²) >= 11 is 0. The molecular weight excluding hydrogens is 497 g/mol. The van der Waals surface area contributed by atoms with Crippen LogP contribution in [0.3, 0.4) is 0 Å². The molecule has 3 heterocycles. The summed E-state index contributed by atoms with van der Waals surface area (Å²) in [6.45, 7) is 1.52. The highest BCUT2D eigenvalue weighted by atomic mass is 32.2. The lowest BCUT2D eigenvalue weighted by molar-refractivity contribution is -0.119. The Kier molecular flexibility index (Phi) is 8.04. The number of nitrogens with one attached hydrogen (secondary N) is 1. The fraction of sp³-hybridized carbons (Fsp3) is 0.154. The van der Waals surface area contributed by atoms with Crippen molar-refractivity contribution in [2.45, 2.75) is 4.90 Å². The van der Waals surface area contributed by atoms with Crippen molar-refractivity contribution < 1.29 is 22.4 Å². The molecule has 1 N–H and O–H groups in total. The van der Waals surface area contributed by atoms with Gasteiger partial charge in [0.25, 0.3) is 15.9 Å². The number of carbonyl (C=O) groups is 2. The number of nitrogens with zero attached hydrogens (tertiary/aromatic N) is 4. The molecule has 0 unspecified atom stereocenters. The summed E-state index contributed by atoms with van der Waals surface area (Å²) in [7, 11) is -4.11. The first-order valence-corrected chi connectivity index (χ1v) is 12.9. The maximum atomic E-state index is 14.7. The van der Waals surface area contributed by atoms with E-state index in [0.717, 1.165) is 12.5 Å². The molecule has 2 aromatic carbocycles. The molecule has 11 heteroatoms. The average molecular weight is 522 g/mol. The van der Waals surface area contributed by atoms with E-state index in [0.29, 0.717) is 31.6 Å². The van der Waals surface area contributed by atoms with Gasteiger partial charge in [0.2, 0.25) is 6.41 Å². The van der Waals surface area contributed by atoms with E-state index in [1.807, 2.05) is 18.2 Å². The second kappa shape index (κ2) is 11.6. The molecule has 0 bridgehead atoms. The molecule has 9 nitrogen and oxygen atoms in total. The zero-order valence-corrected chi connectivity index (χ0v) is 20.5. The van der Waals surface area contributed by atoms with Gasteiger partial charge >= 0.3 is 0 Å². The summed E-state index contributed by atoms with van der Waals surface area (Å²) in [6.07, 6.45) is 5.71. The zero-order valence-electron chi connectivity index (χ0n) is 19.7. The van der Waals surface area contributed by atoms with Gasteiger partial charge in [-0.2, -0.15) is 0 Å². The van der Waals surface area contributed by atoms with Gasteiger partial charge in [-0.1, -0.05) is 24.3 Å². The lowest BCUT2D eigenvalue weighted by Crippen LogP contribution is -2.48. The minimum Gasteiger partial charge on any atom is -0.342 e. The molecule has 0 spiro atoms. The van der Waals surface area contributed by atoms with E-state index < -0.39 is 15.8 Å². The average Bonchev–Trinajstić information content (AvgIpc) is 2.94. The Hall–Kier alpha value is -4.38. The van der Waals surface area contributed by atoms with E-state index in [2.05, 4.69) is 14.7 Å². The third-order valence-corrected chi connectivity index (χ3v) is 7.06. The largest absolute Gasteiger partial charge is 0.342 e. The van der Waals surface area contributed by atoms with Gasteiger partial charge in [0.15, 0.2) is 0 Å². The molecule has 1 aliphatic heterocycles. The summed E-state index contributed by atoms with van der Waals surface area (Å²) in [5.74, 6) is -1.24. The normalized spacial score (nSPS) is 13.4. The number of halogens is 1. The van der Waals surface area contributed by atoms with Crippen LogP contribution >= 0.6 is 0 Å². The predicted molar refractivity (Wildman–Crippen MR) is 137 cm³/mol. The van der Waals surface area contributed by atoms with Crippen LogP contribution in [0, 0.1) is 5.82 Å². The number of anilines is 1. The molecule has 4 aromatic rings. The van der Waals surface area contributed by atoms with Crippen LogP contribution in [0.1, 0.15) is 10.4 Å². The van der Waals surface area contributed by atoms with Gasteiger partial charge in [0.05, 0.1) is 11.2 Å². The second-order valence-corrected chi connectivity index (χ2v) is 9.74. The third kappa shape index (κ3) is 6.25. The van der Waals surface area contributed by atoms with Gasteiger partial charge in [-0.3, -0.25) is 24.3 Å². The van der Waals surface area contributed by atoms with Crippen LogP contribution in [0.2, 0.25) is 0 Å². The number of hydrogen-bond acceptors (Lipinski definition) is 6. The Labute approximate surface area is 213 Å². The highest BCUT2D eigenvalue weighted by Gasteiger charge is 2.24. The molecule has 190 valence electrons. The van der Waals surface area contributed by atoms with Crippen molar-refractivity contribution in [3.63, 3.8) is 0 Å². The number of carbonyl (C=O) groups excluding carboxylic acids is 2. The number of para-hydroxylation sites is 1. The lowest BCUT2D eigenvalue weighted by atomic mass is 10.1. The summed E-state index contributed by atoms with van der Waals surface area (Å²) in [5.41, 5.74) is 0.112. The molecule has 1 aliphatic rings.